The van der Waals surface area contributed by atoms with Crippen LogP contribution >= 0.6 is 11.6 Å². The van der Waals surface area contributed by atoms with E-state index < -0.39 is 5.78 Å². The first-order chi connectivity index (χ1) is 10.0. The molecule has 2 aromatic carbocycles. The second-order valence-corrected chi connectivity index (χ2v) is 4.67. The summed E-state index contributed by atoms with van der Waals surface area (Å²) in [7, 11) is 1.49. The van der Waals surface area contributed by atoms with Crippen LogP contribution in [0.5, 0.6) is 17.2 Å². The van der Waals surface area contributed by atoms with E-state index in [9.17, 15) is 15.0 Å². The molecule has 2 rings (SSSR count). The lowest BCUT2D eigenvalue weighted by atomic mass is 10.1. The summed E-state index contributed by atoms with van der Waals surface area (Å²) in [4.78, 5) is 12.1. The minimum atomic E-state index is -0.402. The Hall–Kier alpha value is -2.46. The van der Waals surface area contributed by atoms with Crippen molar-refractivity contribution in [3.63, 3.8) is 0 Å². The van der Waals surface area contributed by atoms with Crippen LogP contribution in [0, 0.1) is 0 Å². The van der Waals surface area contributed by atoms with Crippen molar-refractivity contribution < 1.29 is 19.7 Å². The first-order valence-electron chi connectivity index (χ1n) is 6.10. The van der Waals surface area contributed by atoms with Crippen LogP contribution in [-0.2, 0) is 0 Å². The standard InChI is InChI=1S/C16H13ClO4/c1-21-15-8-6-11(18)9-10(15)5-7-14(19)12-3-2-4-13(17)16(12)20/h2-9,18,20H,1H3/b7-5+. The monoisotopic (exact) mass is 304 g/mol. The molecule has 0 saturated carbocycles. The number of ether oxygens (including phenoxy) is 1. The molecule has 2 aromatic rings. The molecule has 0 fully saturated rings. The molecule has 0 aliphatic rings. The van der Waals surface area contributed by atoms with Crippen LogP contribution in [0.3, 0.4) is 0 Å². The van der Waals surface area contributed by atoms with Gasteiger partial charge in [0.05, 0.1) is 17.7 Å². The molecule has 2 N–H and O–H groups in total. The number of rotatable bonds is 4. The van der Waals surface area contributed by atoms with Crippen molar-refractivity contribution in [3.05, 3.63) is 58.6 Å². The van der Waals surface area contributed by atoms with Gasteiger partial charge in [0.2, 0.25) is 0 Å². The molecule has 0 bridgehead atoms. The number of halogens is 1. The minimum Gasteiger partial charge on any atom is -0.508 e. The lowest BCUT2D eigenvalue weighted by Crippen LogP contribution is -1.95. The number of ketones is 1. The number of aromatic hydroxyl groups is 2. The van der Waals surface area contributed by atoms with E-state index in [1.807, 2.05) is 0 Å². The van der Waals surface area contributed by atoms with E-state index in [-0.39, 0.29) is 22.1 Å². The molecule has 0 atom stereocenters. The Bertz CT molecular complexity index is 707. The predicted molar refractivity (Wildman–Crippen MR) is 81.1 cm³/mol. The maximum Gasteiger partial charge on any atom is 0.189 e. The van der Waals surface area contributed by atoms with Crippen molar-refractivity contribution in [2.24, 2.45) is 0 Å². The van der Waals surface area contributed by atoms with Gasteiger partial charge in [0.15, 0.2) is 5.78 Å². The van der Waals surface area contributed by atoms with Crippen molar-refractivity contribution in [2.45, 2.75) is 0 Å². The van der Waals surface area contributed by atoms with Gasteiger partial charge in [0, 0.05) is 5.56 Å². The van der Waals surface area contributed by atoms with Gasteiger partial charge < -0.3 is 14.9 Å². The predicted octanol–water partition coefficient (Wildman–Crippen LogP) is 3.66. The largest absolute Gasteiger partial charge is 0.508 e. The number of phenolic OH excluding ortho intramolecular Hbond substituents is 2. The summed E-state index contributed by atoms with van der Waals surface area (Å²) in [5.74, 6) is -0.0715. The number of benzene rings is 2. The summed E-state index contributed by atoms with van der Waals surface area (Å²) in [6.07, 6.45) is 2.78. The molecule has 0 aliphatic heterocycles. The fourth-order valence-electron chi connectivity index (χ4n) is 1.82. The summed E-state index contributed by atoms with van der Waals surface area (Å²) in [5.41, 5.74) is 0.658. The van der Waals surface area contributed by atoms with E-state index in [1.54, 1.807) is 12.1 Å². The maximum absolute atomic E-state index is 12.1. The van der Waals surface area contributed by atoms with Gasteiger partial charge in [-0.2, -0.15) is 0 Å². The minimum absolute atomic E-state index is 0.0634. The van der Waals surface area contributed by atoms with E-state index >= 15 is 0 Å². The molecular formula is C16H13ClO4. The molecule has 0 spiro atoms. The average molecular weight is 305 g/mol. The molecule has 0 radical (unpaired) electrons. The number of allylic oxidation sites excluding steroid dienone is 1. The number of hydrogen-bond acceptors (Lipinski definition) is 4. The number of methoxy groups -OCH3 is 1. The summed E-state index contributed by atoms with van der Waals surface area (Å²) >= 11 is 5.76. The Morgan fingerprint density at radius 2 is 2.00 bits per heavy atom. The van der Waals surface area contributed by atoms with Crippen LogP contribution in [0.25, 0.3) is 6.08 Å². The second-order valence-electron chi connectivity index (χ2n) is 4.26. The van der Waals surface area contributed by atoms with E-state index in [2.05, 4.69) is 0 Å². The van der Waals surface area contributed by atoms with Crippen LogP contribution in [0.2, 0.25) is 5.02 Å². The molecule has 0 heterocycles. The van der Waals surface area contributed by atoms with Gasteiger partial charge in [-0.3, -0.25) is 4.79 Å². The van der Waals surface area contributed by atoms with Gasteiger partial charge >= 0.3 is 0 Å². The normalized spacial score (nSPS) is 10.8. The SMILES string of the molecule is COc1ccc(O)cc1/C=C/C(=O)c1cccc(Cl)c1O. The van der Waals surface area contributed by atoms with E-state index in [4.69, 9.17) is 16.3 Å². The van der Waals surface area contributed by atoms with Crippen molar-refractivity contribution in [1.82, 2.24) is 0 Å². The molecule has 5 heteroatoms. The van der Waals surface area contributed by atoms with Crippen molar-refractivity contribution in [1.29, 1.82) is 0 Å². The summed E-state index contributed by atoms with van der Waals surface area (Å²) in [6.45, 7) is 0. The van der Waals surface area contributed by atoms with Gasteiger partial charge in [-0.1, -0.05) is 17.7 Å². The fraction of sp³-hybridized carbons (Fsp3) is 0.0625. The number of hydrogen-bond donors (Lipinski definition) is 2. The summed E-state index contributed by atoms with van der Waals surface area (Å²) in [5, 5.41) is 19.3. The molecule has 0 unspecified atom stereocenters. The van der Waals surface area contributed by atoms with Crippen molar-refractivity contribution >= 4 is 23.5 Å². The highest BCUT2D eigenvalue weighted by atomic mass is 35.5. The smallest absolute Gasteiger partial charge is 0.189 e. The van der Waals surface area contributed by atoms with Gasteiger partial charge in [-0.25, -0.2) is 0 Å². The molecule has 108 valence electrons. The second kappa shape index (κ2) is 6.33. The Kier molecular flexibility index (Phi) is 4.50. The van der Waals surface area contributed by atoms with Crippen LogP contribution in [0.4, 0.5) is 0 Å². The van der Waals surface area contributed by atoms with Crippen molar-refractivity contribution in [3.8, 4) is 17.2 Å². The summed E-state index contributed by atoms with van der Waals surface area (Å²) < 4.78 is 5.14. The lowest BCUT2D eigenvalue weighted by molar-refractivity contribution is 0.104. The molecule has 0 aromatic heterocycles. The Morgan fingerprint density at radius 1 is 1.24 bits per heavy atom. The van der Waals surface area contributed by atoms with E-state index in [1.165, 1.54) is 43.5 Å². The molecule has 21 heavy (non-hydrogen) atoms. The zero-order chi connectivity index (χ0) is 15.4. The van der Waals surface area contributed by atoms with Crippen LogP contribution < -0.4 is 4.74 Å². The van der Waals surface area contributed by atoms with E-state index in [0.29, 0.717) is 11.3 Å². The number of carbonyl (C=O) groups excluding carboxylic acids is 1. The Morgan fingerprint density at radius 3 is 2.71 bits per heavy atom. The molecule has 0 saturated heterocycles. The van der Waals surface area contributed by atoms with Crippen molar-refractivity contribution in [2.75, 3.05) is 7.11 Å². The third-order valence-corrected chi connectivity index (χ3v) is 3.18. The summed E-state index contributed by atoms with van der Waals surface area (Å²) in [6, 6.07) is 9.11. The lowest BCUT2D eigenvalue weighted by Gasteiger charge is -2.05. The number of phenols is 2. The zero-order valence-electron chi connectivity index (χ0n) is 11.2. The highest BCUT2D eigenvalue weighted by Crippen LogP contribution is 2.28. The molecule has 0 aliphatic carbocycles. The van der Waals surface area contributed by atoms with Gasteiger partial charge in [0.25, 0.3) is 0 Å². The number of para-hydroxylation sites is 1. The van der Waals surface area contributed by atoms with Gasteiger partial charge in [-0.05, 0) is 42.5 Å². The third-order valence-electron chi connectivity index (χ3n) is 2.88. The first-order valence-corrected chi connectivity index (χ1v) is 6.47. The van der Waals surface area contributed by atoms with Crippen LogP contribution in [0.1, 0.15) is 15.9 Å². The maximum atomic E-state index is 12.1. The molecule has 0 amide bonds. The quantitative estimate of drug-likeness (QED) is 0.668. The Balaban J connectivity index is 2.31. The highest BCUT2D eigenvalue weighted by molar-refractivity contribution is 6.32. The van der Waals surface area contributed by atoms with E-state index in [0.717, 1.165) is 0 Å². The Labute approximate surface area is 126 Å². The molecular weight excluding hydrogens is 292 g/mol. The average Bonchev–Trinajstić information content (AvgIpc) is 2.47. The topological polar surface area (TPSA) is 66.8 Å². The highest BCUT2D eigenvalue weighted by Gasteiger charge is 2.11. The molecule has 4 nitrogen and oxygen atoms in total. The fourth-order valence-corrected chi connectivity index (χ4v) is 2.00. The van der Waals surface area contributed by atoms with Crippen LogP contribution in [-0.4, -0.2) is 23.1 Å². The first kappa shape index (κ1) is 14.9. The van der Waals surface area contributed by atoms with Crippen LogP contribution in [0.15, 0.2) is 42.5 Å². The zero-order valence-corrected chi connectivity index (χ0v) is 12.0. The van der Waals surface area contributed by atoms with Gasteiger partial charge in [-0.15, -0.1) is 0 Å². The number of carbonyl (C=O) groups is 1. The third kappa shape index (κ3) is 3.35. The van der Waals surface area contributed by atoms with Gasteiger partial charge in [0.1, 0.15) is 17.2 Å².